The lowest BCUT2D eigenvalue weighted by atomic mass is 10.0. The van der Waals surface area contributed by atoms with Gasteiger partial charge in [0.15, 0.2) is 0 Å². The summed E-state index contributed by atoms with van der Waals surface area (Å²) >= 11 is 1.69. The Morgan fingerprint density at radius 2 is 1.85 bits per heavy atom. The van der Waals surface area contributed by atoms with Crippen LogP contribution in [0.1, 0.15) is 17.5 Å². The molecule has 2 aliphatic rings. The monoisotopic (exact) mass is 369 g/mol. The van der Waals surface area contributed by atoms with Crippen LogP contribution >= 0.6 is 11.8 Å². The second-order valence-corrected chi connectivity index (χ2v) is 7.33. The fourth-order valence-corrected chi connectivity index (χ4v) is 4.72. The van der Waals surface area contributed by atoms with Crippen molar-refractivity contribution in [2.24, 2.45) is 0 Å². The highest BCUT2D eigenvalue weighted by molar-refractivity contribution is 8.03. The maximum absolute atomic E-state index is 11.6. The standard InChI is InChI=1S/C18H15N3O4S/c1-19-8-3-9-26-18(19)17-13-4-2-5-15(21(24)25)16(13)12-7-6-11(20(22)23)10-14(12)17/h2,4-7,10H,3,8-9H2,1H3/b18-17-. The fourth-order valence-electron chi connectivity index (χ4n) is 3.58. The number of hydrogen-bond donors (Lipinski definition) is 0. The van der Waals surface area contributed by atoms with Crippen molar-refractivity contribution < 1.29 is 9.85 Å². The normalized spacial score (nSPS) is 18.4. The molecule has 8 heteroatoms. The van der Waals surface area contributed by atoms with E-state index in [1.54, 1.807) is 23.9 Å². The maximum Gasteiger partial charge on any atom is 0.277 e. The lowest BCUT2D eigenvalue weighted by Gasteiger charge is -2.29. The zero-order valence-corrected chi connectivity index (χ0v) is 14.8. The number of non-ortho nitro benzene ring substituents is 1. The van der Waals surface area contributed by atoms with Crippen LogP contribution in [0.5, 0.6) is 0 Å². The highest BCUT2D eigenvalue weighted by Crippen LogP contribution is 2.52. The van der Waals surface area contributed by atoms with E-state index >= 15 is 0 Å². The topological polar surface area (TPSA) is 89.5 Å². The van der Waals surface area contributed by atoms with Crippen molar-refractivity contribution in [1.82, 2.24) is 4.90 Å². The van der Waals surface area contributed by atoms with Crippen LogP contribution in [-0.2, 0) is 0 Å². The van der Waals surface area contributed by atoms with E-state index in [-0.39, 0.29) is 11.4 Å². The number of benzene rings is 2. The number of nitrogens with zero attached hydrogens (tertiary/aromatic N) is 3. The fraction of sp³-hybridized carbons (Fsp3) is 0.222. The summed E-state index contributed by atoms with van der Waals surface area (Å²) in [5.74, 6) is 0.956. The number of fused-ring (bicyclic) bond motifs is 3. The van der Waals surface area contributed by atoms with E-state index in [9.17, 15) is 20.2 Å². The molecule has 0 aromatic heterocycles. The summed E-state index contributed by atoms with van der Waals surface area (Å²) in [5, 5.41) is 23.8. The zero-order chi connectivity index (χ0) is 18.4. The predicted octanol–water partition coefficient (Wildman–Crippen LogP) is 4.27. The van der Waals surface area contributed by atoms with Crippen LogP contribution in [0.3, 0.4) is 0 Å². The minimum atomic E-state index is -0.433. The van der Waals surface area contributed by atoms with E-state index in [4.69, 9.17) is 0 Å². The molecule has 0 N–H and O–H groups in total. The van der Waals surface area contributed by atoms with Crippen molar-refractivity contribution >= 4 is 28.7 Å². The smallest absolute Gasteiger partial charge is 0.277 e. The van der Waals surface area contributed by atoms with Crippen LogP contribution in [0, 0.1) is 20.2 Å². The average Bonchev–Trinajstić information content (AvgIpc) is 2.95. The molecular weight excluding hydrogens is 354 g/mol. The summed E-state index contributed by atoms with van der Waals surface area (Å²) in [6.45, 7) is 0.889. The third-order valence-electron chi connectivity index (χ3n) is 4.70. The molecule has 1 fully saturated rings. The van der Waals surface area contributed by atoms with Crippen molar-refractivity contribution in [1.29, 1.82) is 0 Å². The van der Waals surface area contributed by atoms with Crippen LogP contribution < -0.4 is 0 Å². The molecule has 1 aliphatic heterocycles. The molecule has 0 unspecified atom stereocenters. The molecule has 0 spiro atoms. The first-order chi connectivity index (χ1) is 12.5. The SMILES string of the molecule is CN1CCCS/C1=C1\c2cc([N+](=O)[O-])ccc2-c2c1cccc2[N+](=O)[O-]. The van der Waals surface area contributed by atoms with Crippen LogP contribution in [0.4, 0.5) is 11.4 Å². The first-order valence-corrected chi connectivity index (χ1v) is 9.13. The molecular formula is C18H15N3O4S. The number of thioether (sulfide) groups is 1. The second-order valence-electron chi connectivity index (χ2n) is 6.25. The van der Waals surface area contributed by atoms with E-state index in [1.807, 2.05) is 13.1 Å². The summed E-state index contributed by atoms with van der Waals surface area (Å²) in [5.41, 5.74) is 3.56. The van der Waals surface area contributed by atoms with Gasteiger partial charge < -0.3 is 4.90 Å². The molecule has 1 aliphatic carbocycles. The van der Waals surface area contributed by atoms with Gasteiger partial charge in [0.05, 0.1) is 20.4 Å². The Kier molecular flexibility index (Phi) is 3.91. The summed E-state index contributed by atoms with van der Waals surface area (Å²) in [7, 11) is 1.99. The van der Waals surface area contributed by atoms with Gasteiger partial charge in [0.2, 0.25) is 0 Å². The third kappa shape index (κ3) is 2.45. The van der Waals surface area contributed by atoms with Gasteiger partial charge in [-0.3, -0.25) is 20.2 Å². The summed E-state index contributed by atoms with van der Waals surface area (Å²) in [6, 6.07) is 9.58. The highest BCUT2D eigenvalue weighted by Gasteiger charge is 2.34. The van der Waals surface area contributed by atoms with E-state index in [0.717, 1.165) is 34.9 Å². The lowest BCUT2D eigenvalue weighted by Crippen LogP contribution is -2.23. The van der Waals surface area contributed by atoms with Crippen molar-refractivity contribution in [2.45, 2.75) is 6.42 Å². The van der Waals surface area contributed by atoms with Crippen molar-refractivity contribution in [2.75, 3.05) is 19.3 Å². The molecule has 26 heavy (non-hydrogen) atoms. The van der Waals surface area contributed by atoms with Gasteiger partial charge in [0, 0.05) is 43.1 Å². The Bertz CT molecular complexity index is 986. The second kappa shape index (κ2) is 6.14. The van der Waals surface area contributed by atoms with Crippen LogP contribution in [0.25, 0.3) is 16.7 Å². The van der Waals surface area contributed by atoms with Gasteiger partial charge in [-0.25, -0.2) is 0 Å². The lowest BCUT2D eigenvalue weighted by molar-refractivity contribution is -0.385. The Morgan fingerprint density at radius 1 is 1.04 bits per heavy atom. The number of hydrogen-bond acceptors (Lipinski definition) is 6. The van der Waals surface area contributed by atoms with Crippen LogP contribution in [0.15, 0.2) is 41.4 Å². The number of nitro benzene ring substituents is 2. The molecule has 2 aromatic rings. The van der Waals surface area contributed by atoms with Crippen LogP contribution in [0.2, 0.25) is 0 Å². The minimum Gasteiger partial charge on any atom is -0.369 e. The van der Waals surface area contributed by atoms with Gasteiger partial charge in [0.25, 0.3) is 11.4 Å². The van der Waals surface area contributed by atoms with Crippen molar-refractivity contribution in [3.63, 3.8) is 0 Å². The van der Waals surface area contributed by atoms with E-state index < -0.39 is 9.85 Å². The molecule has 7 nitrogen and oxygen atoms in total. The Labute approximate surface area is 153 Å². The quantitative estimate of drug-likeness (QED) is 0.495. The Balaban J connectivity index is 2.07. The van der Waals surface area contributed by atoms with Gasteiger partial charge in [-0.05, 0) is 29.2 Å². The summed E-state index contributed by atoms with van der Waals surface area (Å²) in [6.07, 6.45) is 1.06. The van der Waals surface area contributed by atoms with E-state index in [2.05, 4.69) is 4.90 Å². The molecule has 0 atom stereocenters. The third-order valence-corrected chi connectivity index (χ3v) is 5.98. The first-order valence-electron chi connectivity index (χ1n) is 8.14. The molecule has 132 valence electrons. The Morgan fingerprint density at radius 3 is 2.54 bits per heavy atom. The predicted molar refractivity (Wildman–Crippen MR) is 101 cm³/mol. The molecule has 4 rings (SSSR count). The molecule has 0 amide bonds. The minimum absolute atomic E-state index is 0.0132. The van der Waals surface area contributed by atoms with Gasteiger partial charge in [-0.2, -0.15) is 0 Å². The van der Waals surface area contributed by atoms with Gasteiger partial charge in [-0.1, -0.05) is 12.1 Å². The molecule has 0 saturated carbocycles. The number of rotatable bonds is 2. The molecule has 0 radical (unpaired) electrons. The number of nitro groups is 2. The average molecular weight is 369 g/mol. The van der Waals surface area contributed by atoms with Crippen molar-refractivity contribution in [3.05, 3.63) is 72.8 Å². The van der Waals surface area contributed by atoms with Gasteiger partial charge in [-0.15, -0.1) is 11.8 Å². The first kappa shape index (κ1) is 16.6. The van der Waals surface area contributed by atoms with Crippen molar-refractivity contribution in [3.8, 4) is 11.1 Å². The largest absolute Gasteiger partial charge is 0.369 e. The zero-order valence-electron chi connectivity index (χ0n) is 14.0. The summed E-state index contributed by atoms with van der Waals surface area (Å²) < 4.78 is 0. The molecule has 1 saturated heterocycles. The van der Waals surface area contributed by atoms with Crippen LogP contribution in [-0.4, -0.2) is 34.1 Å². The van der Waals surface area contributed by atoms with E-state index in [1.165, 1.54) is 18.2 Å². The Hall–Kier alpha value is -2.87. The molecule has 0 bridgehead atoms. The highest BCUT2D eigenvalue weighted by atomic mass is 32.2. The van der Waals surface area contributed by atoms with E-state index in [0.29, 0.717) is 16.7 Å². The maximum atomic E-state index is 11.6. The van der Waals surface area contributed by atoms with Gasteiger partial charge in [0.1, 0.15) is 0 Å². The summed E-state index contributed by atoms with van der Waals surface area (Å²) in [4.78, 5) is 24.1. The molecule has 1 heterocycles. The van der Waals surface area contributed by atoms with Gasteiger partial charge >= 0.3 is 0 Å². The molecule has 2 aromatic carbocycles.